The summed E-state index contributed by atoms with van der Waals surface area (Å²) in [5.74, 6) is 0.183. The number of aromatic nitrogens is 2. The van der Waals surface area contributed by atoms with Crippen molar-refractivity contribution in [3.05, 3.63) is 76.6 Å². The van der Waals surface area contributed by atoms with Gasteiger partial charge < -0.3 is 10.2 Å². The molecule has 3 rings (SSSR count). The van der Waals surface area contributed by atoms with Gasteiger partial charge in [-0.15, -0.1) is 0 Å². The summed E-state index contributed by atoms with van der Waals surface area (Å²) < 4.78 is 0. The number of anilines is 3. The second-order valence-electron chi connectivity index (χ2n) is 6.24. The van der Waals surface area contributed by atoms with Crippen LogP contribution >= 0.6 is 11.6 Å². The minimum atomic E-state index is -0.170. The summed E-state index contributed by atoms with van der Waals surface area (Å²) in [6, 6.07) is 15.0. The van der Waals surface area contributed by atoms with Gasteiger partial charge >= 0.3 is 0 Å². The number of nitrogens with one attached hydrogen (secondary N) is 1. The van der Waals surface area contributed by atoms with Crippen LogP contribution in [0.2, 0.25) is 5.02 Å². The van der Waals surface area contributed by atoms with Crippen molar-refractivity contribution in [2.75, 3.05) is 16.8 Å². The zero-order chi connectivity index (χ0) is 19.4. The van der Waals surface area contributed by atoms with E-state index in [9.17, 15) is 4.79 Å². The van der Waals surface area contributed by atoms with Crippen LogP contribution in [0.3, 0.4) is 0 Å². The van der Waals surface area contributed by atoms with Crippen LogP contribution in [0.4, 0.5) is 17.3 Å². The minimum absolute atomic E-state index is 0.170. The van der Waals surface area contributed by atoms with Crippen molar-refractivity contribution in [1.29, 1.82) is 0 Å². The minimum Gasteiger partial charge on any atom is -0.324 e. The molecular formula is C21H21ClN4O. The monoisotopic (exact) mass is 380 g/mol. The predicted molar refractivity (Wildman–Crippen MR) is 110 cm³/mol. The number of nitrogens with zero attached hydrogens (tertiary/aromatic N) is 3. The van der Waals surface area contributed by atoms with Crippen LogP contribution in [0.25, 0.3) is 0 Å². The highest BCUT2D eigenvalue weighted by molar-refractivity contribution is 6.30. The second kappa shape index (κ2) is 8.18. The molecule has 1 aromatic heterocycles. The van der Waals surface area contributed by atoms with Crippen LogP contribution in [0, 0.1) is 13.8 Å². The van der Waals surface area contributed by atoms with Gasteiger partial charge in [-0.05, 0) is 62.2 Å². The molecule has 0 aliphatic heterocycles. The van der Waals surface area contributed by atoms with Crippen LogP contribution in [0.5, 0.6) is 0 Å². The van der Waals surface area contributed by atoms with Gasteiger partial charge in [0.1, 0.15) is 5.69 Å². The fraction of sp³-hybridized carbons (Fsp3) is 0.190. The number of aryl methyl sites for hydroxylation is 2. The summed E-state index contributed by atoms with van der Waals surface area (Å²) in [7, 11) is 0. The normalized spacial score (nSPS) is 10.5. The zero-order valence-electron chi connectivity index (χ0n) is 15.5. The maximum atomic E-state index is 13.0. The SMILES string of the molecule is CCN(C(=O)c1ccnc(Nc2cc(Cl)ccc2C)n1)c1cccc(C)c1. The lowest BCUT2D eigenvalue weighted by Crippen LogP contribution is -2.31. The van der Waals surface area contributed by atoms with E-state index in [4.69, 9.17) is 11.6 Å². The van der Waals surface area contributed by atoms with E-state index >= 15 is 0 Å². The van der Waals surface area contributed by atoms with Crippen molar-refractivity contribution in [3.63, 3.8) is 0 Å². The molecule has 0 unspecified atom stereocenters. The molecule has 0 atom stereocenters. The molecule has 5 nitrogen and oxygen atoms in total. The van der Waals surface area contributed by atoms with E-state index in [0.29, 0.717) is 23.2 Å². The van der Waals surface area contributed by atoms with Crippen LogP contribution in [-0.2, 0) is 0 Å². The first-order valence-corrected chi connectivity index (χ1v) is 9.10. The molecular weight excluding hydrogens is 360 g/mol. The van der Waals surface area contributed by atoms with Gasteiger partial charge in [-0.2, -0.15) is 0 Å². The lowest BCUT2D eigenvalue weighted by Gasteiger charge is -2.21. The first kappa shape index (κ1) is 18.9. The Hall–Kier alpha value is -2.92. The maximum absolute atomic E-state index is 13.0. The quantitative estimate of drug-likeness (QED) is 0.664. The molecule has 3 aromatic rings. The topological polar surface area (TPSA) is 58.1 Å². The fourth-order valence-corrected chi connectivity index (χ4v) is 2.94. The molecule has 1 amide bonds. The van der Waals surface area contributed by atoms with Crippen molar-refractivity contribution in [1.82, 2.24) is 9.97 Å². The summed E-state index contributed by atoms with van der Waals surface area (Å²) in [5.41, 5.74) is 4.09. The van der Waals surface area contributed by atoms with Crippen LogP contribution < -0.4 is 10.2 Å². The molecule has 1 heterocycles. The van der Waals surface area contributed by atoms with Crippen molar-refractivity contribution < 1.29 is 4.79 Å². The van der Waals surface area contributed by atoms with E-state index in [-0.39, 0.29) is 5.91 Å². The first-order chi connectivity index (χ1) is 13.0. The third-order valence-electron chi connectivity index (χ3n) is 4.20. The number of rotatable bonds is 5. The highest BCUT2D eigenvalue weighted by Crippen LogP contribution is 2.23. The van der Waals surface area contributed by atoms with Gasteiger partial charge in [-0.25, -0.2) is 9.97 Å². The number of halogens is 1. The third kappa shape index (κ3) is 4.44. The van der Waals surface area contributed by atoms with Crippen LogP contribution in [0.1, 0.15) is 28.5 Å². The highest BCUT2D eigenvalue weighted by Gasteiger charge is 2.18. The summed E-state index contributed by atoms with van der Waals surface area (Å²) >= 11 is 6.06. The van der Waals surface area contributed by atoms with Gasteiger partial charge in [-0.3, -0.25) is 4.79 Å². The highest BCUT2D eigenvalue weighted by atomic mass is 35.5. The van der Waals surface area contributed by atoms with Crippen molar-refractivity contribution >= 4 is 34.8 Å². The number of carbonyl (C=O) groups excluding carboxylic acids is 1. The van der Waals surface area contributed by atoms with Crippen molar-refractivity contribution in [2.45, 2.75) is 20.8 Å². The zero-order valence-corrected chi connectivity index (χ0v) is 16.3. The molecule has 0 aliphatic carbocycles. The molecule has 0 bridgehead atoms. The van der Waals surface area contributed by atoms with Crippen molar-refractivity contribution in [3.8, 4) is 0 Å². The largest absolute Gasteiger partial charge is 0.324 e. The van der Waals surface area contributed by atoms with E-state index < -0.39 is 0 Å². The summed E-state index contributed by atoms with van der Waals surface area (Å²) in [6.45, 7) is 6.45. The Labute approximate surface area is 164 Å². The van der Waals surface area contributed by atoms with Crippen molar-refractivity contribution in [2.24, 2.45) is 0 Å². The summed E-state index contributed by atoms with van der Waals surface area (Å²) in [6.07, 6.45) is 1.58. The first-order valence-electron chi connectivity index (χ1n) is 8.72. The van der Waals surface area contributed by atoms with Gasteiger partial charge in [0.05, 0.1) is 0 Å². The summed E-state index contributed by atoms with van der Waals surface area (Å²) in [4.78, 5) is 23.3. The molecule has 138 valence electrons. The molecule has 0 aliphatic rings. The Kier molecular flexibility index (Phi) is 5.72. The predicted octanol–water partition coefficient (Wildman–Crippen LogP) is 5.16. The fourth-order valence-electron chi connectivity index (χ4n) is 2.76. The lowest BCUT2D eigenvalue weighted by molar-refractivity contribution is 0.0983. The molecule has 27 heavy (non-hydrogen) atoms. The lowest BCUT2D eigenvalue weighted by atomic mass is 10.2. The van der Waals surface area contributed by atoms with Gasteiger partial charge in [-0.1, -0.05) is 29.8 Å². The van der Waals surface area contributed by atoms with E-state index in [1.54, 1.807) is 23.2 Å². The Morgan fingerprint density at radius 1 is 1.15 bits per heavy atom. The Bertz CT molecular complexity index is 974. The van der Waals surface area contributed by atoms with E-state index in [1.165, 1.54) is 0 Å². The molecule has 0 saturated heterocycles. The number of amides is 1. The molecule has 0 radical (unpaired) electrons. The van der Waals surface area contributed by atoms with Gasteiger partial charge in [0.2, 0.25) is 5.95 Å². The molecule has 0 saturated carbocycles. The number of carbonyl (C=O) groups is 1. The number of hydrogen-bond acceptors (Lipinski definition) is 4. The molecule has 0 fully saturated rings. The van der Waals surface area contributed by atoms with E-state index in [2.05, 4.69) is 15.3 Å². The summed E-state index contributed by atoms with van der Waals surface area (Å²) in [5, 5.41) is 3.75. The molecule has 0 spiro atoms. The number of hydrogen-bond donors (Lipinski definition) is 1. The number of benzene rings is 2. The average Bonchev–Trinajstić information content (AvgIpc) is 2.65. The Balaban J connectivity index is 1.87. The average molecular weight is 381 g/mol. The second-order valence-corrected chi connectivity index (χ2v) is 6.67. The Morgan fingerprint density at radius 2 is 1.96 bits per heavy atom. The standard InChI is InChI=1S/C21H21ClN4O/c1-4-26(17-7-5-6-14(2)12-17)20(27)18-10-11-23-21(24-18)25-19-13-16(22)9-8-15(19)3/h5-13H,4H2,1-3H3,(H,23,24,25). The van der Waals surface area contributed by atoms with Crippen LogP contribution in [-0.4, -0.2) is 22.4 Å². The third-order valence-corrected chi connectivity index (χ3v) is 4.43. The van der Waals surface area contributed by atoms with Crippen LogP contribution in [0.15, 0.2) is 54.7 Å². The Morgan fingerprint density at radius 3 is 2.70 bits per heavy atom. The smallest absolute Gasteiger partial charge is 0.277 e. The van der Waals surface area contributed by atoms with Gasteiger partial charge in [0, 0.05) is 29.1 Å². The molecule has 6 heteroatoms. The molecule has 2 aromatic carbocycles. The maximum Gasteiger partial charge on any atom is 0.277 e. The van der Waals surface area contributed by atoms with E-state index in [0.717, 1.165) is 22.5 Å². The molecule has 1 N–H and O–H groups in total. The van der Waals surface area contributed by atoms with E-state index in [1.807, 2.05) is 57.2 Å². The van der Waals surface area contributed by atoms with Gasteiger partial charge in [0.25, 0.3) is 5.91 Å². The van der Waals surface area contributed by atoms with Gasteiger partial charge in [0.15, 0.2) is 0 Å².